The summed E-state index contributed by atoms with van der Waals surface area (Å²) in [4.78, 5) is 13.7. The molecule has 0 radical (unpaired) electrons. The van der Waals surface area contributed by atoms with Gasteiger partial charge in [-0.2, -0.15) is 5.10 Å². The second kappa shape index (κ2) is 3.42. The van der Waals surface area contributed by atoms with Gasteiger partial charge in [-0.25, -0.2) is 0 Å². The summed E-state index contributed by atoms with van der Waals surface area (Å²) >= 11 is 0. The zero-order chi connectivity index (χ0) is 10.1. The molecular weight excluding hydrogens is 180 g/mol. The largest absolute Gasteiger partial charge is 0.323 e. The highest BCUT2D eigenvalue weighted by molar-refractivity contribution is 5.93. The van der Waals surface area contributed by atoms with Crippen LogP contribution in [0.5, 0.6) is 0 Å². The molecule has 0 spiro atoms. The van der Waals surface area contributed by atoms with E-state index in [2.05, 4.69) is 15.3 Å². The SMILES string of the molecule is CN1CC(C(=O)Nc2cnn(C)c2)C1. The van der Waals surface area contributed by atoms with E-state index in [0.29, 0.717) is 0 Å². The van der Waals surface area contributed by atoms with Crippen LogP contribution in [0.4, 0.5) is 5.69 Å². The molecule has 1 fully saturated rings. The first-order chi connectivity index (χ1) is 6.65. The van der Waals surface area contributed by atoms with Crippen molar-refractivity contribution in [2.75, 3.05) is 25.5 Å². The number of carbonyl (C=O) groups excluding carboxylic acids is 1. The van der Waals surface area contributed by atoms with E-state index >= 15 is 0 Å². The molecule has 1 aliphatic heterocycles. The van der Waals surface area contributed by atoms with Gasteiger partial charge in [0.15, 0.2) is 0 Å². The van der Waals surface area contributed by atoms with Crippen molar-refractivity contribution in [1.29, 1.82) is 0 Å². The lowest BCUT2D eigenvalue weighted by atomic mass is 10.0. The summed E-state index contributed by atoms with van der Waals surface area (Å²) in [5.41, 5.74) is 0.770. The predicted octanol–water partition coefficient (Wildman–Crippen LogP) is -0.0798. The Morgan fingerprint density at radius 2 is 2.29 bits per heavy atom. The van der Waals surface area contributed by atoms with Crippen molar-refractivity contribution in [3.63, 3.8) is 0 Å². The van der Waals surface area contributed by atoms with Crippen molar-refractivity contribution in [3.05, 3.63) is 12.4 Å². The molecule has 2 heterocycles. The lowest BCUT2D eigenvalue weighted by Gasteiger charge is -2.34. The fraction of sp³-hybridized carbons (Fsp3) is 0.556. The molecule has 0 bridgehead atoms. The Labute approximate surface area is 82.7 Å². The number of anilines is 1. The highest BCUT2D eigenvalue weighted by Crippen LogP contribution is 2.15. The second-order valence-corrected chi connectivity index (χ2v) is 3.81. The molecule has 5 nitrogen and oxygen atoms in total. The van der Waals surface area contributed by atoms with E-state index in [0.717, 1.165) is 18.8 Å². The quantitative estimate of drug-likeness (QED) is 0.716. The van der Waals surface area contributed by atoms with E-state index < -0.39 is 0 Å². The van der Waals surface area contributed by atoms with Crippen LogP contribution >= 0.6 is 0 Å². The third-order valence-corrected chi connectivity index (χ3v) is 2.41. The number of likely N-dealkylation sites (tertiary alicyclic amines) is 1. The van der Waals surface area contributed by atoms with Gasteiger partial charge in [-0.1, -0.05) is 0 Å². The Bertz CT molecular complexity index is 340. The van der Waals surface area contributed by atoms with Crippen LogP contribution in [0, 0.1) is 5.92 Å². The van der Waals surface area contributed by atoms with E-state index in [9.17, 15) is 4.79 Å². The molecule has 1 N–H and O–H groups in total. The molecule has 0 saturated carbocycles. The molecule has 1 saturated heterocycles. The van der Waals surface area contributed by atoms with Crippen LogP contribution < -0.4 is 5.32 Å². The fourth-order valence-electron chi connectivity index (χ4n) is 1.59. The van der Waals surface area contributed by atoms with E-state index in [1.807, 2.05) is 14.1 Å². The van der Waals surface area contributed by atoms with Crippen molar-refractivity contribution in [3.8, 4) is 0 Å². The van der Waals surface area contributed by atoms with Gasteiger partial charge in [0.05, 0.1) is 17.8 Å². The van der Waals surface area contributed by atoms with E-state index in [1.54, 1.807) is 17.1 Å². The third kappa shape index (κ3) is 1.77. The molecule has 0 aliphatic carbocycles. The molecule has 5 heteroatoms. The van der Waals surface area contributed by atoms with Crippen LogP contribution in [0.25, 0.3) is 0 Å². The highest BCUT2D eigenvalue weighted by atomic mass is 16.2. The third-order valence-electron chi connectivity index (χ3n) is 2.41. The second-order valence-electron chi connectivity index (χ2n) is 3.81. The lowest BCUT2D eigenvalue weighted by Crippen LogP contribution is -2.49. The van der Waals surface area contributed by atoms with E-state index in [1.165, 1.54) is 0 Å². The Balaban J connectivity index is 1.89. The molecule has 0 unspecified atom stereocenters. The first-order valence-electron chi connectivity index (χ1n) is 4.63. The molecule has 0 aromatic carbocycles. The fourth-order valence-corrected chi connectivity index (χ4v) is 1.59. The Morgan fingerprint density at radius 3 is 2.79 bits per heavy atom. The number of hydrogen-bond acceptors (Lipinski definition) is 3. The van der Waals surface area contributed by atoms with Gasteiger partial charge < -0.3 is 10.2 Å². The Hall–Kier alpha value is -1.36. The number of hydrogen-bond donors (Lipinski definition) is 1. The minimum absolute atomic E-state index is 0.0936. The predicted molar refractivity (Wildman–Crippen MR) is 52.8 cm³/mol. The van der Waals surface area contributed by atoms with Crippen LogP contribution in [0.3, 0.4) is 0 Å². The average molecular weight is 194 g/mol. The average Bonchev–Trinajstić information content (AvgIpc) is 2.45. The van der Waals surface area contributed by atoms with Crippen LogP contribution in [0.15, 0.2) is 12.4 Å². The number of nitrogens with zero attached hydrogens (tertiary/aromatic N) is 3. The zero-order valence-corrected chi connectivity index (χ0v) is 8.40. The number of nitrogens with one attached hydrogen (secondary N) is 1. The van der Waals surface area contributed by atoms with E-state index in [-0.39, 0.29) is 11.8 Å². The smallest absolute Gasteiger partial charge is 0.230 e. The highest BCUT2D eigenvalue weighted by Gasteiger charge is 2.29. The summed E-state index contributed by atoms with van der Waals surface area (Å²) in [6.07, 6.45) is 3.44. The van der Waals surface area contributed by atoms with Crippen molar-refractivity contribution in [2.45, 2.75) is 0 Å². The molecule has 0 atom stereocenters. The maximum atomic E-state index is 11.6. The van der Waals surface area contributed by atoms with Gasteiger partial charge >= 0.3 is 0 Å². The molecule has 14 heavy (non-hydrogen) atoms. The summed E-state index contributed by atoms with van der Waals surface area (Å²) in [5, 5.41) is 6.82. The van der Waals surface area contributed by atoms with Crippen LogP contribution in [-0.2, 0) is 11.8 Å². The van der Waals surface area contributed by atoms with Crippen molar-refractivity contribution >= 4 is 11.6 Å². The lowest BCUT2D eigenvalue weighted by molar-refractivity contribution is -0.124. The summed E-state index contributed by atoms with van der Waals surface area (Å²) < 4.78 is 1.67. The zero-order valence-electron chi connectivity index (χ0n) is 8.40. The Morgan fingerprint density at radius 1 is 1.57 bits per heavy atom. The number of aryl methyl sites for hydroxylation is 1. The minimum Gasteiger partial charge on any atom is -0.323 e. The maximum Gasteiger partial charge on any atom is 0.230 e. The van der Waals surface area contributed by atoms with Crippen molar-refractivity contribution in [2.24, 2.45) is 13.0 Å². The maximum absolute atomic E-state index is 11.6. The molecule has 76 valence electrons. The van der Waals surface area contributed by atoms with Gasteiger partial charge in [0, 0.05) is 26.3 Å². The summed E-state index contributed by atoms with van der Waals surface area (Å²) in [7, 11) is 3.83. The molecule has 2 rings (SSSR count). The van der Waals surface area contributed by atoms with Crippen molar-refractivity contribution < 1.29 is 4.79 Å². The van der Waals surface area contributed by atoms with Gasteiger partial charge in [-0.15, -0.1) is 0 Å². The van der Waals surface area contributed by atoms with Crippen LogP contribution in [0.1, 0.15) is 0 Å². The number of aromatic nitrogens is 2. The normalized spacial score (nSPS) is 17.9. The molecular formula is C9H14N4O. The minimum atomic E-state index is 0.0936. The molecule has 1 aliphatic rings. The summed E-state index contributed by atoms with van der Waals surface area (Å²) in [6, 6.07) is 0. The Kier molecular flexibility index (Phi) is 2.25. The standard InChI is InChI=1S/C9H14N4O/c1-12-4-7(5-12)9(14)11-8-3-10-13(2)6-8/h3,6-7H,4-5H2,1-2H3,(H,11,14). The first kappa shape index (κ1) is 9.21. The van der Waals surface area contributed by atoms with Crippen LogP contribution in [0.2, 0.25) is 0 Å². The monoisotopic (exact) mass is 194 g/mol. The van der Waals surface area contributed by atoms with Gasteiger partial charge in [-0.05, 0) is 7.05 Å². The van der Waals surface area contributed by atoms with E-state index in [4.69, 9.17) is 0 Å². The molecule has 1 amide bonds. The summed E-state index contributed by atoms with van der Waals surface area (Å²) in [6.45, 7) is 1.71. The summed E-state index contributed by atoms with van der Waals surface area (Å²) in [5.74, 6) is 0.233. The molecule has 1 aromatic rings. The number of amides is 1. The van der Waals surface area contributed by atoms with Crippen LogP contribution in [-0.4, -0.2) is 40.7 Å². The first-order valence-corrected chi connectivity index (χ1v) is 4.63. The van der Waals surface area contributed by atoms with Crippen molar-refractivity contribution in [1.82, 2.24) is 14.7 Å². The number of carbonyl (C=O) groups is 1. The van der Waals surface area contributed by atoms with Gasteiger partial charge in [0.1, 0.15) is 0 Å². The number of rotatable bonds is 2. The molecule has 1 aromatic heterocycles. The van der Waals surface area contributed by atoms with Gasteiger partial charge in [0.2, 0.25) is 5.91 Å². The topological polar surface area (TPSA) is 50.2 Å². The van der Waals surface area contributed by atoms with Gasteiger partial charge in [0.25, 0.3) is 0 Å². The van der Waals surface area contributed by atoms with Gasteiger partial charge in [-0.3, -0.25) is 9.48 Å².